The lowest BCUT2D eigenvalue weighted by Gasteiger charge is -2.30. The predicted octanol–water partition coefficient (Wildman–Crippen LogP) is 4.82. The third-order valence-corrected chi connectivity index (χ3v) is 3.32. The van der Waals surface area contributed by atoms with Crippen molar-refractivity contribution < 1.29 is 0 Å². The second-order valence-corrected chi connectivity index (χ2v) is 4.81. The highest BCUT2D eigenvalue weighted by Gasteiger charge is 2.15. The summed E-state index contributed by atoms with van der Waals surface area (Å²) < 4.78 is 0. The van der Waals surface area contributed by atoms with Crippen molar-refractivity contribution in [2.75, 3.05) is 19.6 Å². The molecule has 0 radical (unpaired) electrons. The van der Waals surface area contributed by atoms with E-state index in [0.29, 0.717) is 0 Å². The summed E-state index contributed by atoms with van der Waals surface area (Å²) in [5.74, 6) is 0.910. The molecule has 18 heavy (non-hydrogen) atoms. The van der Waals surface area contributed by atoms with Crippen molar-refractivity contribution in [1.29, 1.82) is 0 Å². The van der Waals surface area contributed by atoms with Gasteiger partial charge in [-0.1, -0.05) is 45.6 Å². The molecule has 1 rings (SSSR count). The summed E-state index contributed by atoms with van der Waals surface area (Å²) in [5.41, 5.74) is 1.37. The molecule has 0 aromatic carbocycles. The fourth-order valence-electron chi connectivity index (χ4n) is 2.08. The van der Waals surface area contributed by atoms with Gasteiger partial charge in [-0.15, -0.1) is 6.58 Å². The molecule has 0 unspecified atom stereocenters. The van der Waals surface area contributed by atoms with E-state index < -0.39 is 0 Å². The Bertz CT molecular complexity index is 244. The zero-order chi connectivity index (χ0) is 13.8. The number of piperidine rings is 1. The molecule has 0 saturated carbocycles. The fourth-order valence-corrected chi connectivity index (χ4v) is 2.08. The van der Waals surface area contributed by atoms with Crippen molar-refractivity contribution in [1.82, 2.24) is 4.90 Å². The molecule has 104 valence electrons. The van der Waals surface area contributed by atoms with Gasteiger partial charge >= 0.3 is 0 Å². The molecule has 0 aliphatic carbocycles. The average Bonchev–Trinajstić information content (AvgIpc) is 2.42. The Morgan fingerprint density at radius 2 is 1.78 bits per heavy atom. The van der Waals surface area contributed by atoms with Crippen molar-refractivity contribution >= 4 is 0 Å². The molecule has 0 aromatic rings. The van der Waals surface area contributed by atoms with Gasteiger partial charge in [0, 0.05) is 6.54 Å². The van der Waals surface area contributed by atoms with Crippen LogP contribution in [-0.2, 0) is 0 Å². The zero-order valence-electron chi connectivity index (χ0n) is 12.6. The molecule has 1 aliphatic heterocycles. The lowest BCUT2D eigenvalue weighted by atomic mass is 9.99. The lowest BCUT2D eigenvalue weighted by molar-refractivity contribution is 0.207. The third-order valence-electron chi connectivity index (χ3n) is 3.32. The minimum atomic E-state index is 0.910. The lowest BCUT2D eigenvalue weighted by Crippen LogP contribution is -2.34. The number of unbranched alkanes of at least 4 members (excludes halogenated alkanes) is 1. The van der Waals surface area contributed by atoms with Crippen LogP contribution in [0.15, 0.2) is 37.0 Å². The summed E-state index contributed by atoms with van der Waals surface area (Å²) >= 11 is 0. The van der Waals surface area contributed by atoms with E-state index in [1.807, 2.05) is 26.0 Å². The fraction of sp³-hybridized carbons (Fsp3) is 0.647. The molecule has 0 N–H and O–H groups in total. The van der Waals surface area contributed by atoms with Gasteiger partial charge in [0.1, 0.15) is 0 Å². The maximum absolute atomic E-state index is 3.90. The van der Waals surface area contributed by atoms with Crippen LogP contribution < -0.4 is 0 Å². The van der Waals surface area contributed by atoms with Gasteiger partial charge < -0.3 is 0 Å². The highest BCUT2D eigenvalue weighted by molar-refractivity contribution is 5.18. The topological polar surface area (TPSA) is 3.24 Å². The minimum absolute atomic E-state index is 0.910. The predicted molar refractivity (Wildman–Crippen MR) is 83.9 cm³/mol. The summed E-state index contributed by atoms with van der Waals surface area (Å²) in [6, 6.07) is 0. The number of likely N-dealkylation sites (tertiary alicyclic amines) is 1. The maximum Gasteiger partial charge on any atom is 0.0230 e. The number of hydrogen-bond acceptors (Lipinski definition) is 1. The molecule has 1 fully saturated rings. The molecule has 0 aromatic heterocycles. The van der Waals surface area contributed by atoms with Gasteiger partial charge in [-0.25, -0.2) is 0 Å². The van der Waals surface area contributed by atoms with Crippen molar-refractivity contribution in [2.24, 2.45) is 5.92 Å². The Balaban J connectivity index is 0.00000137. The molecular weight excluding hydrogens is 218 g/mol. The summed E-state index contributed by atoms with van der Waals surface area (Å²) in [4.78, 5) is 2.54. The highest BCUT2D eigenvalue weighted by Crippen LogP contribution is 2.17. The minimum Gasteiger partial charge on any atom is -0.299 e. The van der Waals surface area contributed by atoms with E-state index in [4.69, 9.17) is 0 Å². The monoisotopic (exact) mass is 249 g/mol. The molecule has 0 amide bonds. The van der Waals surface area contributed by atoms with Gasteiger partial charge in [-0.2, -0.15) is 0 Å². The maximum atomic E-state index is 3.90. The van der Waals surface area contributed by atoms with Crippen molar-refractivity contribution in [3.8, 4) is 0 Å². The van der Waals surface area contributed by atoms with E-state index in [9.17, 15) is 0 Å². The Kier molecular flexibility index (Phi) is 10.8. The summed E-state index contributed by atoms with van der Waals surface area (Å²) in [7, 11) is 0. The van der Waals surface area contributed by atoms with Gasteiger partial charge in [-0.05, 0) is 50.3 Å². The van der Waals surface area contributed by atoms with E-state index in [1.165, 1.54) is 31.5 Å². The molecule has 0 bridgehead atoms. The first kappa shape index (κ1) is 17.2. The van der Waals surface area contributed by atoms with Gasteiger partial charge in [0.15, 0.2) is 0 Å². The molecule has 0 atom stereocenters. The van der Waals surface area contributed by atoms with Crippen LogP contribution in [0, 0.1) is 5.92 Å². The quantitative estimate of drug-likeness (QED) is 0.370. The van der Waals surface area contributed by atoms with E-state index >= 15 is 0 Å². The van der Waals surface area contributed by atoms with Crippen LogP contribution in [0.2, 0.25) is 0 Å². The summed E-state index contributed by atoms with van der Waals surface area (Å²) in [5, 5.41) is 0. The SMILES string of the molecule is C=CCC/C=C(\C=C)CN1CCC(C)CC1.CC. The standard InChI is InChI=1S/C15H25N.C2H6/c1-4-6-7-8-15(5-2)13-16-11-9-14(3)10-12-16;1-2/h4-5,8,14H,1-2,6-7,9-13H2,3H3;1-2H3/b15-8+;. The van der Waals surface area contributed by atoms with Gasteiger partial charge in [0.25, 0.3) is 0 Å². The first-order chi connectivity index (χ1) is 8.76. The number of hydrogen-bond donors (Lipinski definition) is 0. The zero-order valence-corrected chi connectivity index (χ0v) is 12.6. The Labute approximate surface area is 114 Å². The number of allylic oxidation sites excluding steroid dienone is 2. The molecule has 1 heteroatoms. The van der Waals surface area contributed by atoms with E-state index in [0.717, 1.165) is 25.3 Å². The second kappa shape index (κ2) is 11.3. The van der Waals surface area contributed by atoms with Crippen LogP contribution in [0.25, 0.3) is 0 Å². The van der Waals surface area contributed by atoms with Crippen molar-refractivity contribution in [3.05, 3.63) is 37.0 Å². The van der Waals surface area contributed by atoms with E-state index in [-0.39, 0.29) is 0 Å². The molecule has 1 saturated heterocycles. The summed E-state index contributed by atoms with van der Waals surface area (Å²) in [6.07, 6.45) is 11.1. The van der Waals surface area contributed by atoms with Crippen LogP contribution in [-0.4, -0.2) is 24.5 Å². The van der Waals surface area contributed by atoms with Crippen LogP contribution in [0.5, 0.6) is 0 Å². The van der Waals surface area contributed by atoms with Gasteiger partial charge in [0.05, 0.1) is 0 Å². The van der Waals surface area contributed by atoms with Gasteiger partial charge in [-0.3, -0.25) is 4.90 Å². The Hall–Kier alpha value is -0.820. The Morgan fingerprint density at radius 1 is 1.17 bits per heavy atom. The third kappa shape index (κ3) is 7.50. The molecule has 0 spiro atoms. The molecule has 1 aliphatic rings. The van der Waals surface area contributed by atoms with Gasteiger partial charge in [0.2, 0.25) is 0 Å². The normalized spacial score (nSPS) is 17.8. The van der Waals surface area contributed by atoms with Crippen molar-refractivity contribution in [3.63, 3.8) is 0 Å². The molecular formula is C17H31N. The van der Waals surface area contributed by atoms with Crippen LogP contribution in [0.3, 0.4) is 0 Å². The largest absolute Gasteiger partial charge is 0.299 e. The average molecular weight is 249 g/mol. The number of rotatable bonds is 6. The first-order valence-corrected chi connectivity index (χ1v) is 7.41. The number of nitrogens with zero attached hydrogens (tertiary/aromatic N) is 1. The van der Waals surface area contributed by atoms with Crippen LogP contribution in [0.4, 0.5) is 0 Å². The second-order valence-electron chi connectivity index (χ2n) is 4.81. The highest BCUT2D eigenvalue weighted by atomic mass is 15.1. The Morgan fingerprint density at radius 3 is 2.28 bits per heavy atom. The summed E-state index contributed by atoms with van der Waals surface area (Å²) in [6.45, 7) is 17.6. The molecule has 1 heterocycles. The van der Waals surface area contributed by atoms with Crippen LogP contribution >= 0.6 is 0 Å². The van der Waals surface area contributed by atoms with Crippen LogP contribution in [0.1, 0.15) is 46.5 Å². The van der Waals surface area contributed by atoms with Crippen molar-refractivity contribution in [2.45, 2.75) is 46.5 Å². The molecule has 1 nitrogen and oxygen atoms in total. The first-order valence-electron chi connectivity index (χ1n) is 7.41. The van der Waals surface area contributed by atoms with E-state index in [1.54, 1.807) is 0 Å². The van der Waals surface area contributed by atoms with E-state index in [2.05, 4.69) is 31.1 Å². The smallest absolute Gasteiger partial charge is 0.0230 e.